The van der Waals surface area contributed by atoms with E-state index in [1.807, 2.05) is 12.2 Å². The number of hydrogen-bond donors (Lipinski definition) is 2. The second-order valence-corrected chi connectivity index (χ2v) is 8.98. The predicted octanol–water partition coefficient (Wildman–Crippen LogP) is 1.94. The van der Waals surface area contributed by atoms with Crippen molar-refractivity contribution in [2.75, 3.05) is 6.61 Å². The van der Waals surface area contributed by atoms with Crippen LogP contribution in [0.3, 0.4) is 0 Å². The fourth-order valence-electron chi connectivity index (χ4n) is 4.72. The molecule has 10 heteroatoms. The molecule has 0 aromatic heterocycles. The van der Waals surface area contributed by atoms with Crippen molar-refractivity contribution in [3.05, 3.63) is 47.0 Å². The highest BCUT2D eigenvalue weighted by Crippen LogP contribution is 2.30. The molecular formula is C24H28ClN3O6. The van der Waals surface area contributed by atoms with Crippen molar-refractivity contribution in [3.63, 3.8) is 0 Å². The number of hydrogen-bond acceptors (Lipinski definition) is 6. The van der Waals surface area contributed by atoms with E-state index in [4.69, 9.17) is 21.1 Å². The van der Waals surface area contributed by atoms with Gasteiger partial charge in [0, 0.05) is 12.6 Å². The number of nitrogens with one attached hydrogen (secondary N) is 2. The molecule has 3 aliphatic rings. The molecule has 0 bridgehead atoms. The van der Waals surface area contributed by atoms with Gasteiger partial charge >= 0.3 is 5.97 Å². The number of halogens is 1. The SMILES string of the molecule is CCOC1OC(=O)CC1NC(=O)[C@@H]1CC[C@H]2CC=CC[C@H](NC(=O)c3ccccc3Cl)C(=O)N21. The van der Waals surface area contributed by atoms with E-state index in [0.29, 0.717) is 37.3 Å². The Morgan fingerprint density at radius 1 is 1.15 bits per heavy atom. The Hall–Kier alpha value is -2.91. The Labute approximate surface area is 202 Å². The highest BCUT2D eigenvalue weighted by atomic mass is 35.5. The summed E-state index contributed by atoms with van der Waals surface area (Å²) in [7, 11) is 0. The maximum Gasteiger partial charge on any atom is 0.310 e. The van der Waals surface area contributed by atoms with Crippen LogP contribution in [0.4, 0.5) is 0 Å². The third-order valence-electron chi connectivity index (χ3n) is 6.35. The summed E-state index contributed by atoms with van der Waals surface area (Å²) in [6.07, 6.45) is 5.13. The van der Waals surface area contributed by atoms with Crippen molar-refractivity contribution < 1.29 is 28.7 Å². The first-order valence-corrected chi connectivity index (χ1v) is 11.9. The second kappa shape index (κ2) is 10.6. The van der Waals surface area contributed by atoms with Crippen LogP contribution in [0.15, 0.2) is 36.4 Å². The van der Waals surface area contributed by atoms with E-state index in [2.05, 4.69) is 10.6 Å². The molecule has 5 atom stereocenters. The van der Waals surface area contributed by atoms with E-state index in [1.54, 1.807) is 36.1 Å². The molecular weight excluding hydrogens is 462 g/mol. The Balaban J connectivity index is 1.49. The average molecular weight is 490 g/mol. The molecule has 3 aliphatic heterocycles. The first kappa shape index (κ1) is 24.2. The number of amides is 3. The van der Waals surface area contributed by atoms with Crippen molar-refractivity contribution in [1.29, 1.82) is 0 Å². The molecule has 9 nitrogen and oxygen atoms in total. The standard InChI is InChI=1S/C24H28ClN3O6/c1-2-33-24-18(13-20(29)34-24)27-22(31)19-12-11-14-7-3-6-10-17(23(32)28(14)19)26-21(30)15-8-4-5-9-16(15)25/h3-6,8-9,14,17-19,24H,2,7,10-13H2,1H3,(H,26,30)(H,27,31)/t14-,17+,18?,19+,24?/m1/s1. The van der Waals surface area contributed by atoms with Crippen LogP contribution in [0, 0.1) is 0 Å². The zero-order chi connectivity index (χ0) is 24.2. The summed E-state index contributed by atoms with van der Waals surface area (Å²) in [6, 6.07) is 4.33. The Morgan fingerprint density at radius 2 is 1.91 bits per heavy atom. The third kappa shape index (κ3) is 5.10. The topological polar surface area (TPSA) is 114 Å². The lowest BCUT2D eigenvalue weighted by atomic mass is 10.0. The minimum absolute atomic E-state index is 0.0136. The molecule has 1 aromatic rings. The molecule has 2 fully saturated rings. The molecule has 3 heterocycles. The summed E-state index contributed by atoms with van der Waals surface area (Å²) >= 11 is 6.14. The van der Waals surface area contributed by atoms with Crippen LogP contribution < -0.4 is 10.6 Å². The molecule has 182 valence electrons. The van der Waals surface area contributed by atoms with Crippen LogP contribution in [0.1, 0.15) is 49.4 Å². The number of fused-ring (bicyclic) bond motifs is 1. The van der Waals surface area contributed by atoms with Crippen molar-refractivity contribution in [2.24, 2.45) is 0 Å². The molecule has 2 unspecified atom stereocenters. The maximum absolute atomic E-state index is 13.6. The van der Waals surface area contributed by atoms with Gasteiger partial charge in [-0.3, -0.25) is 19.2 Å². The number of rotatable bonds is 6. The summed E-state index contributed by atoms with van der Waals surface area (Å²) in [5, 5.41) is 5.92. The molecule has 1 aromatic carbocycles. The van der Waals surface area contributed by atoms with Gasteiger partial charge < -0.3 is 25.0 Å². The molecule has 3 amide bonds. The zero-order valence-electron chi connectivity index (χ0n) is 18.9. The Kier molecular flexibility index (Phi) is 7.53. The van der Waals surface area contributed by atoms with Crippen LogP contribution in [0.5, 0.6) is 0 Å². The maximum atomic E-state index is 13.6. The number of esters is 1. The fourth-order valence-corrected chi connectivity index (χ4v) is 4.94. The monoisotopic (exact) mass is 489 g/mol. The highest BCUT2D eigenvalue weighted by Gasteiger charge is 2.45. The van der Waals surface area contributed by atoms with Gasteiger partial charge in [-0.25, -0.2) is 0 Å². The fraction of sp³-hybridized carbons (Fsp3) is 0.500. The molecule has 0 radical (unpaired) electrons. The van der Waals surface area contributed by atoms with E-state index in [-0.39, 0.29) is 29.8 Å². The van der Waals surface area contributed by atoms with Crippen LogP contribution in [-0.2, 0) is 23.9 Å². The Morgan fingerprint density at radius 3 is 2.68 bits per heavy atom. The number of ether oxygens (including phenoxy) is 2. The lowest BCUT2D eigenvalue weighted by molar-refractivity contribution is -0.164. The van der Waals surface area contributed by atoms with Gasteiger partial charge in [0.05, 0.1) is 17.0 Å². The summed E-state index contributed by atoms with van der Waals surface area (Å²) in [5.74, 6) is -1.56. The smallest absolute Gasteiger partial charge is 0.310 e. The minimum Gasteiger partial charge on any atom is -0.433 e. The normalized spacial score (nSPS) is 28.6. The minimum atomic E-state index is -0.840. The van der Waals surface area contributed by atoms with Crippen LogP contribution in [-0.4, -0.2) is 65.7 Å². The zero-order valence-corrected chi connectivity index (χ0v) is 19.6. The van der Waals surface area contributed by atoms with Gasteiger partial charge in [-0.2, -0.15) is 0 Å². The highest BCUT2D eigenvalue weighted by molar-refractivity contribution is 6.33. The predicted molar refractivity (Wildman–Crippen MR) is 123 cm³/mol. The first-order chi connectivity index (χ1) is 16.4. The molecule has 0 spiro atoms. The number of carbonyl (C=O) groups is 4. The number of benzene rings is 1. The van der Waals surface area contributed by atoms with E-state index in [0.717, 1.165) is 0 Å². The van der Waals surface area contributed by atoms with E-state index in [9.17, 15) is 19.2 Å². The van der Waals surface area contributed by atoms with Gasteiger partial charge in [0.15, 0.2) is 0 Å². The summed E-state index contributed by atoms with van der Waals surface area (Å²) in [6.45, 7) is 2.11. The van der Waals surface area contributed by atoms with Crippen LogP contribution in [0.25, 0.3) is 0 Å². The van der Waals surface area contributed by atoms with Gasteiger partial charge in [-0.1, -0.05) is 35.9 Å². The van der Waals surface area contributed by atoms with Gasteiger partial charge in [-0.15, -0.1) is 0 Å². The third-order valence-corrected chi connectivity index (χ3v) is 6.68. The van der Waals surface area contributed by atoms with Crippen molar-refractivity contribution >= 4 is 35.3 Å². The lowest BCUT2D eigenvalue weighted by Gasteiger charge is -2.34. The van der Waals surface area contributed by atoms with E-state index >= 15 is 0 Å². The first-order valence-electron chi connectivity index (χ1n) is 11.5. The molecule has 4 rings (SSSR count). The van der Waals surface area contributed by atoms with Crippen LogP contribution in [0.2, 0.25) is 5.02 Å². The van der Waals surface area contributed by atoms with Gasteiger partial charge in [0.2, 0.25) is 18.1 Å². The number of cyclic esters (lactones) is 1. The van der Waals surface area contributed by atoms with Crippen molar-refractivity contribution in [3.8, 4) is 0 Å². The lowest BCUT2D eigenvalue weighted by Crippen LogP contribution is -2.57. The van der Waals surface area contributed by atoms with Gasteiger partial charge in [0.25, 0.3) is 5.91 Å². The molecule has 2 N–H and O–H groups in total. The van der Waals surface area contributed by atoms with Gasteiger partial charge in [0.1, 0.15) is 18.1 Å². The Bertz CT molecular complexity index is 999. The number of nitrogens with zero attached hydrogens (tertiary/aromatic N) is 1. The quantitative estimate of drug-likeness (QED) is 0.466. The van der Waals surface area contributed by atoms with E-state index < -0.39 is 36.3 Å². The molecule has 2 saturated heterocycles. The summed E-state index contributed by atoms with van der Waals surface area (Å²) in [4.78, 5) is 52.9. The van der Waals surface area contributed by atoms with Gasteiger partial charge in [-0.05, 0) is 44.7 Å². The van der Waals surface area contributed by atoms with Crippen molar-refractivity contribution in [2.45, 2.75) is 69.5 Å². The average Bonchev–Trinajstić information content (AvgIpc) is 3.37. The number of carbonyl (C=O) groups excluding carboxylic acids is 4. The molecule has 0 saturated carbocycles. The van der Waals surface area contributed by atoms with Crippen molar-refractivity contribution in [1.82, 2.24) is 15.5 Å². The molecule has 0 aliphatic carbocycles. The van der Waals surface area contributed by atoms with E-state index in [1.165, 1.54) is 0 Å². The second-order valence-electron chi connectivity index (χ2n) is 8.57. The van der Waals surface area contributed by atoms with Crippen LogP contribution >= 0.6 is 11.6 Å². The summed E-state index contributed by atoms with van der Waals surface area (Å²) in [5.41, 5.74) is 0.281. The molecule has 34 heavy (non-hydrogen) atoms. The largest absolute Gasteiger partial charge is 0.433 e. The summed E-state index contributed by atoms with van der Waals surface area (Å²) < 4.78 is 10.6.